The molecule has 0 radical (unpaired) electrons. The Hall–Kier alpha value is -2.58. The van der Waals surface area contributed by atoms with Gasteiger partial charge in [-0.05, 0) is 48.6 Å². The van der Waals surface area contributed by atoms with Gasteiger partial charge < -0.3 is 10.2 Å². The van der Waals surface area contributed by atoms with Crippen LogP contribution in [0, 0.1) is 0 Å². The number of halogens is 1. The van der Waals surface area contributed by atoms with Gasteiger partial charge in [-0.25, -0.2) is 8.42 Å². The zero-order chi connectivity index (χ0) is 26.0. The summed E-state index contributed by atoms with van der Waals surface area (Å²) in [6, 6.07) is 13.4. The molecule has 9 heteroatoms. The number of rotatable bonds is 13. The number of sulfonamides is 1. The molecule has 0 spiro atoms. The van der Waals surface area contributed by atoms with Crippen LogP contribution in [-0.4, -0.2) is 50.5 Å². The minimum Gasteiger partial charge on any atom is -0.354 e. The molecule has 0 heterocycles. The topological polar surface area (TPSA) is 86.8 Å². The minimum absolute atomic E-state index is 0.155. The van der Waals surface area contributed by atoms with Crippen molar-refractivity contribution in [2.45, 2.75) is 59.0 Å². The first kappa shape index (κ1) is 28.7. The summed E-state index contributed by atoms with van der Waals surface area (Å²) in [6.07, 6.45) is 3.86. The van der Waals surface area contributed by atoms with Crippen LogP contribution in [0.2, 0.25) is 5.02 Å². The van der Waals surface area contributed by atoms with E-state index in [4.69, 9.17) is 11.6 Å². The Labute approximate surface area is 214 Å². The fourth-order valence-corrected chi connectivity index (χ4v) is 4.87. The third-order valence-electron chi connectivity index (χ3n) is 5.80. The van der Waals surface area contributed by atoms with Crippen LogP contribution in [-0.2, 0) is 32.6 Å². The summed E-state index contributed by atoms with van der Waals surface area (Å²) in [5.41, 5.74) is 2.08. The number of nitrogens with zero attached hydrogens (tertiary/aromatic N) is 2. The second kappa shape index (κ2) is 13.5. The monoisotopic (exact) mass is 521 g/mol. The van der Waals surface area contributed by atoms with E-state index in [0.717, 1.165) is 34.5 Å². The van der Waals surface area contributed by atoms with E-state index in [1.807, 2.05) is 32.9 Å². The third kappa shape index (κ3) is 8.25. The van der Waals surface area contributed by atoms with Crippen LogP contribution < -0.4 is 9.62 Å². The first-order valence-corrected chi connectivity index (χ1v) is 14.2. The standard InChI is InChI=1S/C26H36ClN3O4S/c1-5-8-17-28-26(32)23(7-3)29(18-20-13-15-22(27)16-14-20)25(31)19-30(35(4,33)34)24-12-10-9-11-21(24)6-2/h9-16,23H,5-8,17-19H2,1-4H3,(H,28,32)/t23-/m1/s1. The Morgan fingerprint density at radius 1 is 1.03 bits per heavy atom. The average molecular weight is 522 g/mol. The van der Waals surface area contributed by atoms with Gasteiger partial charge in [-0.15, -0.1) is 0 Å². The van der Waals surface area contributed by atoms with Crippen LogP contribution in [0.15, 0.2) is 48.5 Å². The lowest BCUT2D eigenvalue weighted by Crippen LogP contribution is -2.52. The van der Waals surface area contributed by atoms with Crippen LogP contribution in [0.25, 0.3) is 0 Å². The predicted molar refractivity (Wildman–Crippen MR) is 142 cm³/mol. The molecule has 0 aliphatic rings. The maximum atomic E-state index is 13.7. The van der Waals surface area contributed by atoms with E-state index in [1.54, 1.807) is 36.4 Å². The summed E-state index contributed by atoms with van der Waals surface area (Å²) >= 11 is 6.02. The Bertz CT molecular complexity index is 1090. The molecule has 0 fully saturated rings. The number of anilines is 1. The molecule has 2 amide bonds. The lowest BCUT2D eigenvalue weighted by Gasteiger charge is -2.33. The zero-order valence-corrected chi connectivity index (χ0v) is 22.5. The maximum Gasteiger partial charge on any atom is 0.244 e. The van der Waals surface area contributed by atoms with Crippen LogP contribution in [0.5, 0.6) is 0 Å². The summed E-state index contributed by atoms with van der Waals surface area (Å²) in [4.78, 5) is 28.2. The van der Waals surface area contributed by atoms with Crippen molar-refractivity contribution in [3.8, 4) is 0 Å². The molecule has 0 bridgehead atoms. The molecule has 1 atom stereocenters. The molecule has 0 aliphatic carbocycles. The number of hydrogen-bond acceptors (Lipinski definition) is 4. The molecular formula is C26H36ClN3O4S. The molecular weight excluding hydrogens is 486 g/mol. The summed E-state index contributed by atoms with van der Waals surface area (Å²) in [5.74, 6) is -0.697. The predicted octanol–water partition coefficient (Wildman–Crippen LogP) is 4.39. The summed E-state index contributed by atoms with van der Waals surface area (Å²) in [5, 5.41) is 3.48. The van der Waals surface area contributed by atoms with Gasteiger partial charge in [0.15, 0.2) is 0 Å². The van der Waals surface area contributed by atoms with Crippen molar-refractivity contribution in [3.63, 3.8) is 0 Å². The van der Waals surface area contributed by atoms with Crippen molar-refractivity contribution in [2.24, 2.45) is 0 Å². The number of carbonyl (C=O) groups excluding carboxylic acids is 2. The number of hydrogen-bond donors (Lipinski definition) is 1. The van der Waals surface area contributed by atoms with E-state index < -0.39 is 28.5 Å². The van der Waals surface area contributed by atoms with Crippen LogP contribution in [0.1, 0.15) is 51.2 Å². The van der Waals surface area contributed by atoms with Gasteiger partial charge in [-0.1, -0.05) is 69.1 Å². The fourth-order valence-electron chi connectivity index (χ4n) is 3.86. The van der Waals surface area contributed by atoms with E-state index in [1.165, 1.54) is 4.90 Å². The highest BCUT2D eigenvalue weighted by Crippen LogP contribution is 2.24. The quantitative estimate of drug-likeness (QED) is 0.396. The average Bonchev–Trinajstić information content (AvgIpc) is 2.83. The smallest absolute Gasteiger partial charge is 0.244 e. The molecule has 0 saturated carbocycles. The van der Waals surface area contributed by atoms with Crippen molar-refractivity contribution in [3.05, 3.63) is 64.7 Å². The number of unbranched alkanes of at least 4 members (excludes halogenated alkanes) is 1. The van der Waals surface area contributed by atoms with Crippen molar-refractivity contribution in [1.82, 2.24) is 10.2 Å². The first-order valence-electron chi connectivity index (χ1n) is 12.0. The highest BCUT2D eigenvalue weighted by Gasteiger charge is 2.32. The normalized spacial score (nSPS) is 12.1. The Kier molecular flexibility index (Phi) is 11.0. The molecule has 2 aromatic rings. The van der Waals surface area contributed by atoms with Gasteiger partial charge in [-0.3, -0.25) is 13.9 Å². The van der Waals surface area contributed by atoms with Crippen LogP contribution in [0.3, 0.4) is 0 Å². The summed E-state index contributed by atoms with van der Waals surface area (Å²) < 4.78 is 26.7. The van der Waals surface area contributed by atoms with E-state index in [9.17, 15) is 18.0 Å². The number of benzene rings is 2. The van der Waals surface area contributed by atoms with Crippen molar-refractivity contribution < 1.29 is 18.0 Å². The molecule has 0 unspecified atom stereocenters. The molecule has 2 rings (SSSR count). The summed E-state index contributed by atoms with van der Waals surface area (Å²) in [6.45, 7) is 6.08. The van der Waals surface area contributed by atoms with Gasteiger partial charge in [0.25, 0.3) is 0 Å². The fraction of sp³-hybridized carbons (Fsp3) is 0.462. The van der Waals surface area contributed by atoms with Crippen LogP contribution >= 0.6 is 11.6 Å². The summed E-state index contributed by atoms with van der Waals surface area (Å²) in [7, 11) is -3.76. The molecule has 7 nitrogen and oxygen atoms in total. The molecule has 2 aromatic carbocycles. The van der Waals surface area contributed by atoms with Gasteiger partial charge in [0.05, 0.1) is 11.9 Å². The second-order valence-electron chi connectivity index (χ2n) is 8.47. The maximum absolute atomic E-state index is 13.7. The van der Waals surface area contributed by atoms with Gasteiger partial charge >= 0.3 is 0 Å². The van der Waals surface area contributed by atoms with E-state index in [2.05, 4.69) is 5.32 Å². The number of carbonyl (C=O) groups is 2. The van der Waals surface area contributed by atoms with E-state index in [-0.39, 0.29) is 12.5 Å². The Balaban J connectivity index is 2.43. The van der Waals surface area contributed by atoms with Crippen molar-refractivity contribution in [2.75, 3.05) is 23.7 Å². The molecule has 0 aliphatic heterocycles. The molecule has 35 heavy (non-hydrogen) atoms. The SMILES string of the molecule is CCCCNC(=O)[C@@H](CC)N(Cc1ccc(Cl)cc1)C(=O)CN(c1ccccc1CC)S(C)(=O)=O. The van der Waals surface area contributed by atoms with Crippen LogP contribution in [0.4, 0.5) is 5.69 Å². The van der Waals surface area contributed by atoms with Gasteiger partial charge in [-0.2, -0.15) is 0 Å². The second-order valence-corrected chi connectivity index (χ2v) is 10.8. The lowest BCUT2D eigenvalue weighted by molar-refractivity contribution is -0.140. The lowest BCUT2D eigenvalue weighted by atomic mass is 10.1. The number of aryl methyl sites for hydroxylation is 1. The number of amides is 2. The first-order chi connectivity index (χ1) is 16.6. The Morgan fingerprint density at radius 3 is 2.26 bits per heavy atom. The van der Waals surface area contributed by atoms with E-state index in [0.29, 0.717) is 30.1 Å². The van der Waals surface area contributed by atoms with Gasteiger partial charge in [0, 0.05) is 18.1 Å². The molecule has 1 N–H and O–H groups in total. The third-order valence-corrected chi connectivity index (χ3v) is 7.18. The number of para-hydroxylation sites is 1. The largest absolute Gasteiger partial charge is 0.354 e. The van der Waals surface area contributed by atoms with Crippen molar-refractivity contribution >= 4 is 39.1 Å². The highest BCUT2D eigenvalue weighted by atomic mass is 35.5. The zero-order valence-electron chi connectivity index (χ0n) is 21.0. The highest BCUT2D eigenvalue weighted by molar-refractivity contribution is 7.92. The van der Waals surface area contributed by atoms with Crippen molar-refractivity contribution in [1.29, 1.82) is 0 Å². The molecule has 0 aromatic heterocycles. The van der Waals surface area contributed by atoms with Gasteiger partial charge in [0.1, 0.15) is 12.6 Å². The van der Waals surface area contributed by atoms with Gasteiger partial charge in [0.2, 0.25) is 21.8 Å². The molecule has 0 saturated heterocycles. The minimum atomic E-state index is -3.76. The Morgan fingerprint density at radius 2 is 1.69 bits per heavy atom. The number of nitrogens with one attached hydrogen (secondary N) is 1. The molecule has 192 valence electrons. The van der Waals surface area contributed by atoms with E-state index >= 15 is 0 Å².